The Bertz CT molecular complexity index is 823. The molecule has 0 fully saturated rings. The lowest BCUT2D eigenvalue weighted by molar-refractivity contribution is 0.154. The average molecular weight is 429 g/mol. The molecule has 2 aliphatic heterocycles. The molecule has 5 heteroatoms. The number of amides is 1. The summed E-state index contributed by atoms with van der Waals surface area (Å²) in [7, 11) is 0. The molecule has 0 bridgehead atoms. The number of anilines is 1. The fourth-order valence-corrected chi connectivity index (χ4v) is 4.95. The summed E-state index contributed by atoms with van der Waals surface area (Å²) >= 11 is 3.82. The van der Waals surface area contributed by atoms with Gasteiger partial charge in [0.05, 0.1) is 12.3 Å². The van der Waals surface area contributed by atoms with Gasteiger partial charge < -0.3 is 10.1 Å². The van der Waals surface area contributed by atoms with Crippen LogP contribution in [-0.4, -0.2) is 32.3 Å². The van der Waals surface area contributed by atoms with Crippen LogP contribution >= 0.6 is 15.9 Å². The number of nitrogens with zero attached hydrogens (tertiary/aromatic N) is 1. The first-order valence-electron chi connectivity index (χ1n) is 9.76. The summed E-state index contributed by atoms with van der Waals surface area (Å²) in [4.78, 5) is 14.6. The molecule has 0 radical (unpaired) electrons. The van der Waals surface area contributed by atoms with E-state index in [1.165, 1.54) is 22.3 Å². The van der Waals surface area contributed by atoms with Gasteiger partial charge in [-0.25, -0.2) is 4.79 Å². The van der Waals surface area contributed by atoms with Crippen molar-refractivity contribution in [3.05, 3.63) is 63.1 Å². The highest BCUT2D eigenvalue weighted by Crippen LogP contribution is 2.40. The molecule has 27 heavy (non-hydrogen) atoms. The van der Waals surface area contributed by atoms with E-state index in [-0.39, 0.29) is 6.09 Å². The Morgan fingerprint density at radius 3 is 2.78 bits per heavy atom. The van der Waals surface area contributed by atoms with E-state index in [0.29, 0.717) is 13.2 Å². The van der Waals surface area contributed by atoms with Gasteiger partial charge in [0.2, 0.25) is 0 Å². The van der Waals surface area contributed by atoms with Gasteiger partial charge in [0.25, 0.3) is 0 Å². The molecule has 2 aromatic rings. The van der Waals surface area contributed by atoms with Crippen molar-refractivity contribution in [3.8, 4) is 0 Å². The second-order valence-electron chi connectivity index (χ2n) is 7.19. The van der Waals surface area contributed by atoms with Crippen LogP contribution in [0.15, 0.2) is 40.9 Å². The number of benzene rings is 2. The molecular weight excluding hydrogens is 404 g/mol. The van der Waals surface area contributed by atoms with Crippen molar-refractivity contribution in [1.82, 2.24) is 5.32 Å². The number of halogens is 1. The zero-order chi connectivity index (χ0) is 18.6. The third kappa shape index (κ3) is 4.04. The molecule has 0 spiro atoms. The van der Waals surface area contributed by atoms with Crippen LogP contribution in [0, 0.1) is 0 Å². The second-order valence-corrected chi connectivity index (χ2v) is 7.98. The van der Waals surface area contributed by atoms with Gasteiger partial charge in [0, 0.05) is 17.4 Å². The van der Waals surface area contributed by atoms with Gasteiger partial charge in [-0.2, -0.15) is 0 Å². The fraction of sp³-hybridized carbons (Fsp3) is 0.409. The monoisotopic (exact) mass is 428 g/mol. The van der Waals surface area contributed by atoms with Gasteiger partial charge in [0.15, 0.2) is 0 Å². The van der Waals surface area contributed by atoms with Crippen LogP contribution in [0.3, 0.4) is 0 Å². The number of rotatable bonds is 3. The number of hydrogen-bond donors (Lipinski definition) is 1. The predicted octanol–water partition coefficient (Wildman–Crippen LogP) is 4.27. The molecule has 0 aliphatic carbocycles. The molecule has 0 unspecified atom stereocenters. The lowest BCUT2D eigenvalue weighted by Crippen LogP contribution is -2.37. The molecule has 4 nitrogen and oxygen atoms in total. The van der Waals surface area contributed by atoms with Crippen molar-refractivity contribution in [2.45, 2.75) is 32.1 Å². The van der Waals surface area contributed by atoms with E-state index in [4.69, 9.17) is 4.74 Å². The first-order valence-corrected chi connectivity index (χ1v) is 10.6. The van der Waals surface area contributed by atoms with Crippen LogP contribution in [-0.2, 0) is 30.4 Å². The third-order valence-corrected chi connectivity index (χ3v) is 6.27. The van der Waals surface area contributed by atoms with Gasteiger partial charge >= 0.3 is 6.09 Å². The van der Waals surface area contributed by atoms with Crippen molar-refractivity contribution >= 4 is 27.7 Å². The summed E-state index contributed by atoms with van der Waals surface area (Å²) in [5.74, 6) is 0. The maximum atomic E-state index is 12.8. The SMILES string of the molecule is O=C(OCCc1ccccc1)N1CCCc2cc3c(c(Br)c21)CCNCC3. The van der Waals surface area contributed by atoms with E-state index >= 15 is 0 Å². The van der Waals surface area contributed by atoms with E-state index in [1.807, 2.05) is 23.1 Å². The topological polar surface area (TPSA) is 41.6 Å². The van der Waals surface area contributed by atoms with E-state index in [0.717, 1.165) is 55.4 Å². The van der Waals surface area contributed by atoms with Crippen molar-refractivity contribution in [1.29, 1.82) is 0 Å². The maximum absolute atomic E-state index is 12.8. The predicted molar refractivity (Wildman–Crippen MR) is 112 cm³/mol. The number of carbonyl (C=O) groups excluding carboxylic acids is 1. The highest BCUT2D eigenvalue weighted by molar-refractivity contribution is 9.10. The van der Waals surface area contributed by atoms with Crippen LogP contribution in [0.5, 0.6) is 0 Å². The molecule has 2 aromatic carbocycles. The standard InChI is InChI=1S/C22H25BrN2O2/c23-20-19-9-12-24-11-8-17(19)15-18-7-4-13-25(21(18)20)22(26)27-14-10-16-5-2-1-3-6-16/h1-3,5-6,15,24H,4,7-14H2. The summed E-state index contributed by atoms with van der Waals surface area (Å²) < 4.78 is 6.70. The summed E-state index contributed by atoms with van der Waals surface area (Å²) in [6.07, 6.45) is 4.53. The van der Waals surface area contributed by atoms with Crippen LogP contribution in [0.4, 0.5) is 10.5 Å². The van der Waals surface area contributed by atoms with E-state index in [1.54, 1.807) is 0 Å². The molecule has 0 aromatic heterocycles. The number of aryl methyl sites for hydroxylation is 1. The lowest BCUT2D eigenvalue weighted by atomic mass is 9.93. The number of fused-ring (bicyclic) bond motifs is 2. The summed E-state index contributed by atoms with van der Waals surface area (Å²) in [5.41, 5.74) is 6.20. The van der Waals surface area contributed by atoms with Crippen LogP contribution in [0.25, 0.3) is 0 Å². The van der Waals surface area contributed by atoms with Crippen molar-refractivity contribution in [3.63, 3.8) is 0 Å². The van der Waals surface area contributed by atoms with Gasteiger partial charge in [-0.3, -0.25) is 4.90 Å². The number of nitrogens with one attached hydrogen (secondary N) is 1. The minimum absolute atomic E-state index is 0.237. The highest BCUT2D eigenvalue weighted by Gasteiger charge is 2.29. The van der Waals surface area contributed by atoms with Gasteiger partial charge in [-0.1, -0.05) is 36.4 Å². The second kappa shape index (κ2) is 8.44. The fourth-order valence-electron chi connectivity index (χ4n) is 4.03. The lowest BCUT2D eigenvalue weighted by Gasteiger charge is -2.31. The quantitative estimate of drug-likeness (QED) is 0.793. The van der Waals surface area contributed by atoms with Gasteiger partial charge in [0.1, 0.15) is 0 Å². The number of hydrogen-bond acceptors (Lipinski definition) is 3. The van der Waals surface area contributed by atoms with Crippen molar-refractivity contribution < 1.29 is 9.53 Å². The van der Waals surface area contributed by atoms with E-state index < -0.39 is 0 Å². The molecule has 142 valence electrons. The molecule has 0 saturated carbocycles. The highest BCUT2D eigenvalue weighted by atomic mass is 79.9. The summed E-state index contributed by atoms with van der Waals surface area (Å²) in [6.45, 7) is 3.11. The van der Waals surface area contributed by atoms with Crippen LogP contribution in [0.1, 0.15) is 28.7 Å². The summed E-state index contributed by atoms with van der Waals surface area (Å²) in [6, 6.07) is 12.4. The molecule has 2 aliphatic rings. The molecule has 4 rings (SSSR count). The number of carbonyl (C=O) groups is 1. The van der Waals surface area contributed by atoms with Gasteiger partial charge in [-0.05, 0) is 77.0 Å². The smallest absolute Gasteiger partial charge is 0.414 e. The molecule has 2 heterocycles. The normalized spacial score (nSPS) is 16.3. The van der Waals surface area contributed by atoms with Crippen molar-refractivity contribution in [2.24, 2.45) is 0 Å². The Labute approximate surface area is 169 Å². The minimum Gasteiger partial charge on any atom is -0.449 e. The number of ether oxygens (including phenoxy) is 1. The first-order chi connectivity index (χ1) is 13.2. The molecule has 0 saturated heterocycles. The van der Waals surface area contributed by atoms with Gasteiger partial charge in [-0.15, -0.1) is 0 Å². The first kappa shape index (κ1) is 18.5. The molecule has 0 atom stereocenters. The zero-order valence-electron chi connectivity index (χ0n) is 15.5. The van der Waals surface area contributed by atoms with Crippen LogP contribution in [0.2, 0.25) is 0 Å². The largest absolute Gasteiger partial charge is 0.449 e. The Morgan fingerprint density at radius 2 is 1.93 bits per heavy atom. The average Bonchev–Trinajstić information content (AvgIpc) is 2.94. The Kier molecular flexibility index (Phi) is 5.79. The zero-order valence-corrected chi connectivity index (χ0v) is 17.1. The summed E-state index contributed by atoms with van der Waals surface area (Å²) in [5, 5.41) is 3.46. The Balaban J connectivity index is 1.52. The molecular formula is C22H25BrN2O2. The van der Waals surface area contributed by atoms with Crippen LogP contribution < -0.4 is 10.2 Å². The Morgan fingerprint density at radius 1 is 1.11 bits per heavy atom. The molecule has 1 N–H and O–H groups in total. The maximum Gasteiger partial charge on any atom is 0.414 e. The molecule has 1 amide bonds. The van der Waals surface area contributed by atoms with E-state index in [2.05, 4.69) is 39.4 Å². The Hall–Kier alpha value is -1.85. The van der Waals surface area contributed by atoms with Crippen molar-refractivity contribution in [2.75, 3.05) is 31.1 Å². The third-order valence-electron chi connectivity index (χ3n) is 5.41. The van der Waals surface area contributed by atoms with E-state index in [9.17, 15) is 4.79 Å². The minimum atomic E-state index is -0.237.